The predicted octanol–water partition coefficient (Wildman–Crippen LogP) is 2.20. The van der Waals surface area contributed by atoms with Gasteiger partial charge in [-0.25, -0.2) is 0 Å². The summed E-state index contributed by atoms with van der Waals surface area (Å²) >= 11 is 0. The zero-order chi connectivity index (χ0) is 23.5. The maximum absolute atomic E-state index is 13.9. The minimum atomic E-state index is -1.08. The first-order valence-corrected chi connectivity index (χ1v) is 12.0. The fraction of sp³-hybridized carbons (Fsp3) is 0.792. The molecule has 0 aromatic carbocycles. The Morgan fingerprint density at radius 3 is 2.59 bits per heavy atom. The Kier molecular flexibility index (Phi) is 7.65. The van der Waals surface area contributed by atoms with Gasteiger partial charge in [0.2, 0.25) is 11.8 Å². The number of unbranched alkanes of at least 4 members (excludes halogenated alkanes) is 4. The topological polar surface area (TPSA) is 107 Å². The van der Waals surface area contributed by atoms with Crippen LogP contribution in [-0.4, -0.2) is 81.3 Å². The Hall–Kier alpha value is -1.93. The quantitative estimate of drug-likeness (QED) is 0.329. The van der Waals surface area contributed by atoms with Crippen molar-refractivity contribution in [2.24, 2.45) is 11.8 Å². The Bertz CT molecular complexity index is 742. The second kappa shape index (κ2) is 9.91. The fourth-order valence-electron chi connectivity index (χ4n) is 6.04. The molecule has 0 aromatic rings. The van der Waals surface area contributed by atoms with Gasteiger partial charge in [-0.1, -0.05) is 32.3 Å². The van der Waals surface area contributed by atoms with E-state index < -0.39 is 35.0 Å². The van der Waals surface area contributed by atoms with E-state index in [0.717, 1.165) is 25.7 Å². The van der Waals surface area contributed by atoms with Gasteiger partial charge in [0.25, 0.3) is 0 Å². The van der Waals surface area contributed by atoms with Crippen LogP contribution in [0.3, 0.4) is 0 Å². The molecule has 5 atom stereocenters. The van der Waals surface area contributed by atoms with Crippen LogP contribution in [0.5, 0.6) is 0 Å². The Morgan fingerprint density at radius 2 is 1.97 bits per heavy atom. The number of carbonyl (C=O) groups excluding carboxylic acids is 2. The van der Waals surface area contributed by atoms with Crippen molar-refractivity contribution in [3.63, 3.8) is 0 Å². The maximum Gasteiger partial charge on any atom is 0.310 e. The van der Waals surface area contributed by atoms with Crippen molar-refractivity contribution >= 4 is 17.8 Å². The van der Waals surface area contributed by atoms with Crippen LogP contribution in [0.2, 0.25) is 0 Å². The summed E-state index contributed by atoms with van der Waals surface area (Å²) in [6.45, 7) is 9.09. The second-order valence-corrected chi connectivity index (χ2v) is 9.66. The normalized spacial score (nSPS) is 32.9. The van der Waals surface area contributed by atoms with Crippen molar-refractivity contribution in [2.75, 3.05) is 26.2 Å². The monoisotopic (exact) mass is 450 g/mol. The third-order valence-electron chi connectivity index (χ3n) is 7.53. The summed E-state index contributed by atoms with van der Waals surface area (Å²) < 4.78 is 6.41. The van der Waals surface area contributed by atoms with Crippen molar-refractivity contribution in [3.8, 4) is 0 Å². The van der Waals surface area contributed by atoms with E-state index in [0.29, 0.717) is 45.3 Å². The summed E-state index contributed by atoms with van der Waals surface area (Å²) in [6.07, 6.45) is 7.57. The van der Waals surface area contributed by atoms with E-state index in [2.05, 4.69) is 13.5 Å². The third kappa shape index (κ3) is 4.07. The number of hydrogen-bond acceptors (Lipinski definition) is 5. The maximum atomic E-state index is 13.9. The second-order valence-electron chi connectivity index (χ2n) is 9.66. The van der Waals surface area contributed by atoms with Crippen LogP contribution in [0.25, 0.3) is 0 Å². The molecule has 0 aromatic heterocycles. The van der Waals surface area contributed by atoms with Crippen LogP contribution in [0, 0.1) is 11.8 Å². The molecule has 2 unspecified atom stereocenters. The summed E-state index contributed by atoms with van der Waals surface area (Å²) in [7, 11) is 0. The van der Waals surface area contributed by atoms with Gasteiger partial charge in [-0.3, -0.25) is 14.4 Å². The molecule has 3 aliphatic rings. The number of ether oxygens (including phenoxy) is 1. The molecule has 3 saturated heterocycles. The van der Waals surface area contributed by atoms with Crippen LogP contribution in [0.4, 0.5) is 0 Å². The van der Waals surface area contributed by atoms with Crippen molar-refractivity contribution in [2.45, 2.75) is 82.5 Å². The molecule has 2 amide bonds. The Balaban J connectivity index is 1.93. The first-order valence-electron chi connectivity index (χ1n) is 12.0. The van der Waals surface area contributed by atoms with Crippen molar-refractivity contribution in [3.05, 3.63) is 12.7 Å². The average molecular weight is 451 g/mol. The largest absolute Gasteiger partial charge is 0.481 e. The molecule has 0 aliphatic carbocycles. The van der Waals surface area contributed by atoms with Crippen molar-refractivity contribution < 1.29 is 29.3 Å². The van der Waals surface area contributed by atoms with E-state index >= 15 is 0 Å². The highest BCUT2D eigenvalue weighted by atomic mass is 16.5. The first kappa shape index (κ1) is 24.7. The number of aliphatic hydroxyl groups excluding tert-OH is 1. The van der Waals surface area contributed by atoms with Gasteiger partial charge in [-0.2, -0.15) is 0 Å². The van der Waals surface area contributed by atoms with Gasteiger partial charge in [-0.15, -0.1) is 6.58 Å². The molecule has 2 bridgehead atoms. The van der Waals surface area contributed by atoms with Crippen LogP contribution in [0.15, 0.2) is 12.7 Å². The molecule has 180 valence electrons. The number of nitrogens with zero attached hydrogens (tertiary/aromatic N) is 2. The van der Waals surface area contributed by atoms with Crippen LogP contribution >= 0.6 is 0 Å². The molecule has 3 aliphatic heterocycles. The number of carbonyl (C=O) groups is 3. The Labute approximate surface area is 190 Å². The highest BCUT2D eigenvalue weighted by Gasteiger charge is 2.78. The lowest BCUT2D eigenvalue weighted by atomic mass is 9.66. The van der Waals surface area contributed by atoms with E-state index in [4.69, 9.17) is 9.84 Å². The van der Waals surface area contributed by atoms with Crippen LogP contribution in [-0.2, 0) is 19.1 Å². The number of aliphatic carboxylic acids is 1. The number of carboxylic acid groups (broad SMARTS) is 1. The third-order valence-corrected chi connectivity index (χ3v) is 7.53. The van der Waals surface area contributed by atoms with Gasteiger partial charge < -0.3 is 24.7 Å². The molecule has 1 spiro atoms. The molecule has 0 radical (unpaired) electrons. The van der Waals surface area contributed by atoms with Crippen LogP contribution < -0.4 is 0 Å². The lowest BCUT2D eigenvalue weighted by Gasteiger charge is -2.37. The summed E-state index contributed by atoms with van der Waals surface area (Å²) in [5, 5.41) is 19.0. The summed E-state index contributed by atoms with van der Waals surface area (Å²) in [4.78, 5) is 43.0. The predicted molar refractivity (Wildman–Crippen MR) is 119 cm³/mol. The summed E-state index contributed by atoms with van der Waals surface area (Å²) in [6, 6.07) is -0.805. The minimum absolute atomic E-state index is 0.135. The zero-order valence-corrected chi connectivity index (χ0v) is 19.4. The van der Waals surface area contributed by atoms with Gasteiger partial charge in [-0.05, 0) is 39.0 Å². The number of amides is 2. The summed E-state index contributed by atoms with van der Waals surface area (Å²) in [5.41, 5.74) is -2.01. The van der Waals surface area contributed by atoms with Gasteiger partial charge in [0.1, 0.15) is 11.6 Å². The molecule has 3 heterocycles. The van der Waals surface area contributed by atoms with E-state index in [1.54, 1.807) is 22.8 Å². The summed E-state index contributed by atoms with van der Waals surface area (Å²) in [5.74, 6) is -3.24. The Morgan fingerprint density at radius 1 is 1.25 bits per heavy atom. The van der Waals surface area contributed by atoms with E-state index in [9.17, 15) is 19.5 Å². The van der Waals surface area contributed by atoms with Crippen molar-refractivity contribution in [1.82, 2.24) is 9.80 Å². The highest BCUT2D eigenvalue weighted by molar-refractivity contribution is 5.98. The number of hydrogen-bond donors (Lipinski definition) is 2. The van der Waals surface area contributed by atoms with Crippen LogP contribution in [0.1, 0.15) is 65.2 Å². The molecule has 8 heteroatoms. The lowest BCUT2D eigenvalue weighted by molar-refractivity contribution is -0.156. The van der Waals surface area contributed by atoms with Gasteiger partial charge in [0, 0.05) is 26.2 Å². The molecule has 8 nitrogen and oxygen atoms in total. The van der Waals surface area contributed by atoms with E-state index in [1.165, 1.54) is 0 Å². The smallest absolute Gasteiger partial charge is 0.310 e. The number of aliphatic hydroxyl groups is 1. The number of carboxylic acids is 1. The van der Waals surface area contributed by atoms with E-state index in [1.807, 2.05) is 0 Å². The number of likely N-dealkylation sites (tertiary alicyclic amines) is 1. The molecule has 3 fully saturated rings. The number of fused-ring (bicyclic) bond motifs is 1. The lowest BCUT2D eigenvalue weighted by Crippen LogP contribution is -2.56. The average Bonchev–Trinajstić information content (AvgIpc) is 3.31. The molecular weight excluding hydrogens is 412 g/mol. The van der Waals surface area contributed by atoms with Gasteiger partial charge in [0.05, 0.1) is 17.4 Å². The van der Waals surface area contributed by atoms with Crippen molar-refractivity contribution in [1.29, 1.82) is 0 Å². The van der Waals surface area contributed by atoms with E-state index in [-0.39, 0.29) is 18.4 Å². The highest BCUT2D eigenvalue weighted by Crippen LogP contribution is 2.63. The molecule has 3 rings (SSSR count). The molecule has 0 saturated carbocycles. The molecular formula is C24H38N2O6. The van der Waals surface area contributed by atoms with Gasteiger partial charge >= 0.3 is 5.97 Å². The number of rotatable bonds is 13. The fourth-order valence-corrected chi connectivity index (χ4v) is 6.04. The van der Waals surface area contributed by atoms with Gasteiger partial charge in [0.15, 0.2) is 0 Å². The first-order chi connectivity index (χ1) is 15.3. The molecule has 32 heavy (non-hydrogen) atoms. The molecule has 2 N–H and O–H groups in total. The zero-order valence-electron chi connectivity index (χ0n) is 19.4. The SMILES string of the molecule is C=CCN(CCCC)C(=O)C1N(CCCCCCO)C(=O)[C@@H]2[C@H](C(=O)O)[C@]3(C)CCC12O3. The minimum Gasteiger partial charge on any atom is -0.481 e. The standard InChI is InChI=1S/C24H38N2O6/c1-4-6-14-25(13-5-2)21(29)19-24-12-11-23(3,32-24)18(22(30)31)17(24)20(28)26(19)15-9-7-8-10-16-27/h5,17-19,27H,2,4,6-16H2,1,3H3,(H,30,31)/t17-,18+,19?,23-,24?/m0/s1.